The number of halogens is 3. The first kappa shape index (κ1) is 23.2. The Morgan fingerprint density at radius 3 is 2.39 bits per heavy atom. The van der Waals surface area contributed by atoms with E-state index in [2.05, 4.69) is 16.0 Å². The predicted molar refractivity (Wildman–Crippen MR) is 112 cm³/mol. The van der Waals surface area contributed by atoms with Crippen LogP contribution in [0.5, 0.6) is 0 Å². The number of aliphatic hydroxyl groups excluding tert-OH is 1. The Kier molecular flexibility index (Phi) is 6.45. The molecule has 1 fully saturated rings. The molecular weight excluding hydrogens is 403 g/mol. The molecule has 1 aromatic carbocycles. The Morgan fingerprint density at radius 1 is 1.19 bits per heavy atom. The highest BCUT2D eigenvalue weighted by molar-refractivity contribution is 5.31. The maximum absolute atomic E-state index is 12.9. The van der Waals surface area contributed by atoms with Crippen molar-refractivity contribution in [2.24, 2.45) is 5.41 Å². The van der Waals surface area contributed by atoms with Crippen LogP contribution in [-0.2, 0) is 18.1 Å². The summed E-state index contributed by atoms with van der Waals surface area (Å²) in [5, 5.41) is 19.6. The fourth-order valence-electron chi connectivity index (χ4n) is 4.37. The van der Waals surface area contributed by atoms with Gasteiger partial charge < -0.3 is 5.11 Å². The molecule has 0 bridgehead atoms. The molecule has 0 aliphatic carbocycles. The highest BCUT2D eigenvalue weighted by atomic mass is 19.4. The van der Waals surface area contributed by atoms with Crippen molar-refractivity contribution in [3.05, 3.63) is 65.0 Å². The second-order valence-corrected chi connectivity index (χ2v) is 9.01. The molecule has 31 heavy (non-hydrogen) atoms. The summed E-state index contributed by atoms with van der Waals surface area (Å²) in [6.07, 6.45) is -1.29. The Bertz CT molecular complexity index is 931. The Morgan fingerprint density at radius 2 is 1.87 bits per heavy atom. The fraction of sp³-hybridized carbons (Fsp3) is 0.500. The second kappa shape index (κ2) is 8.60. The molecule has 1 unspecified atom stereocenters. The van der Waals surface area contributed by atoms with Crippen molar-refractivity contribution in [3.8, 4) is 6.07 Å². The van der Waals surface area contributed by atoms with Crippen LogP contribution in [0.2, 0.25) is 0 Å². The monoisotopic (exact) mass is 431 g/mol. The third-order valence-corrected chi connectivity index (χ3v) is 6.82. The molecule has 1 aliphatic rings. The topological polar surface area (TPSA) is 60.1 Å². The minimum Gasteiger partial charge on any atom is -0.393 e. The summed E-state index contributed by atoms with van der Waals surface area (Å²) in [5.41, 5.74) is 0.743. The highest BCUT2D eigenvalue weighted by Crippen LogP contribution is 2.43. The third-order valence-electron chi connectivity index (χ3n) is 6.82. The number of pyridine rings is 1. The molecule has 1 aromatic heterocycles. The van der Waals surface area contributed by atoms with Gasteiger partial charge in [-0.25, -0.2) is 0 Å². The molecule has 3 rings (SSSR count). The third kappa shape index (κ3) is 4.91. The number of benzene rings is 1. The summed E-state index contributed by atoms with van der Waals surface area (Å²) in [7, 11) is 0. The zero-order chi connectivity index (χ0) is 22.9. The van der Waals surface area contributed by atoms with Crippen LogP contribution in [0.15, 0.2) is 42.6 Å². The molecule has 1 N–H and O–H groups in total. The van der Waals surface area contributed by atoms with Crippen molar-refractivity contribution < 1.29 is 18.3 Å². The van der Waals surface area contributed by atoms with E-state index in [1.165, 1.54) is 12.3 Å². The SMILES string of the molecule is CC(O)[C@]1(CCc2ccc(C#N)cc2)CCN(C(C)(C)c2ccc(C(F)(F)F)nc2)C1. The number of aliphatic hydroxyl groups is 1. The number of rotatable bonds is 6. The van der Waals surface area contributed by atoms with Gasteiger partial charge in [0.1, 0.15) is 5.69 Å². The molecule has 166 valence electrons. The first-order valence-electron chi connectivity index (χ1n) is 10.4. The number of aromatic nitrogens is 1. The Labute approximate surface area is 181 Å². The molecule has 0 spiro atoms. The van der Waals surface area contributed by atoms with Gasteiger partial charge in [-0.05, 0) is 75.9 Å². The van der Waals surface area contributed by atoms with Crippen LogP contribution in [0.4, 0.5) is 13.2 Å². The number of nitriles is 1. The minimum atomic E-state index is -4.46. The van der Waals surface area contributed by atoms with Gasteiger partial charge in [-0.1, -0.05) is 18.2 Å². The molecule has 2 atom stereocenters. The van der Waals surface area contributed by atoms with Gasteiger partial charge in [-0.2, -0.15) is 18.4 Å². The van der Waals surface area contributed by atoms with Gasteiger partial charge in [0, 0.05) is 23.7 Å². The Hall–Kier alpha value is -2.43. The minimum absolute atomic E-state index is 0.301. The number of likely N-dealkylation sites (tertiary alicyclic amines) is 1. The van der Waals surface area contributed by atoms with Gasteiger partial charge in [0.15, 0.2) is 0 Å². The van der Waals surface area contributed by atoms with Crippen LogP contribution in [0.25, 0.3) is 0 Å². The zero-order valence-electron chi connectivity index (χ0n) is 18.1. The van der Waals surface area contributed by atoms with Crippen molar-refractivity contribution in [2.45, 2.75) is 57.9 Å². The number of hydrogen-bond acceptors (Lipinski definition) is 4. The summed E-state index contributed by atoms with van der Waals surface area (Å²) in [5.74, 6) is 0. The van der Waals surface area contributed by atoms with E-state index in [1.807, 2.05) is 32.9 Å². The summed E-state index contributed by atoms with van der Waals surface area (Å²) in [4.78, 5) is 5.85. The van der Waals surface area contributed by atoms with Gasteiger partial charge in [0.25, 0.3) is 0 Å². The fourth-order valence-corrected chi connectivity index (χ4v) is 4.37. The van der Waals surface area contributed by atoms with Crippen molar-refractivity contribution >= 4 is 0 Å². The second-order valence-electron chi connectivity index (χ2n) is 9.01. The van der Waals surface area contributed by atoms with Gasteiger partial charge in [0.05, 0.1) is 17.7 Å². The van der Waals surface area contributed by atoms with E-state index in [1.54, 1.807) is 12.1 Å². The predicted octanol–water partition coefficient (Wildman–Crippen LogP) is 4.91. The lowest BCUT2D eigenvalue weighted by Crippen LogP contribution is -2.44. The lowest BCUT2D eigenvalue weighted by molar-refractivity contribution is -0.141. The average Bonchev–Trinajstić information content (AvgIpc) is 3.19. The normalized spacial score (nSPS) is 21.1. The summed E-state index contributed by atoms with van der Waals surface area (Å²) >= 11 is 0. The van der Waals surface area contributed by atoms with Crippen molar-refractivity contribution in [2.75, 3.05) is 13.1 Å². The molecule has 1 saturated heterocycles. The summed E-state index contributed by atoms with van der Waals surface area (Å²) in [6, 6.07) is 12.1. The van der Waals surface area contributed by atoms with Gasteiger partial charge >= 0.3 is 6.18 Å². The first-order chi connectivity index (χ1) is 14.5. The van der Waals surface area contributed by atoms with E-state index in [4.69, 9.17) is 5.26 Å². The molecule has 2 heterocycles. The zero-order valence-corrected chi connectivity index (χ0v) is 18.1. The maximum atomic E-state index is 12.9. The average molecular weight is 432 g/mol. The van der Waals surface area contributed by atoms with E-state index in [0.717, 1.165) is 37.4 Å². The van der Waals surface area contributed by atoms with Crippen molar-refractivity contribution in [1.29, 1.82) is 5.26 Å². The van der Waals surface area contributed by atoms with Crippen LogP contribution in [0, 0.1) is 16.7 Å². The van der Waals surface area contributed by atoms with Crippen LogP contribution in [-0.4, -0.2) is 34.2 Å². The molecule has 0 saturated carbocycles. The van der Waals surface area contributed by atoms with Gasteiger partial charge in [-0.3, -0.25) is 9.88 Å². The molecule has 2 aromatic rings. The van der Waals surface area contributed by atoms with E-state index < -0.39 is 23.5 Å². The highest BCUT2D eigenvalue weighted by Gasteiger charge is 2.46. The van der Waals surface area contributed by atoms with Crippen LogP contribution in [0.1, 0.15) is 56.0 Å². The van der Waals surface area contributed by atoms with Crippen molar-refractivity contribution in [3.63, 3.8) is 0 Å². The van der Waals surface area contributed by atoms with E-state index in [0.29, 0.717) is 17.7 Å². The van der Waals surface area contributed by atoms with E-state index in [-0.39, 0.29) is 5.41 Å². The molecular formula is C24H28F3N3O. The number of nitrogens with zero attached hydrogens (tertiary/aromatic N) is 3. The van der Waals surface area contributed by atoms with Crippen LogP contribution >= 0.6 is 0 Å². The lowest BCUT2D eigenvalue weighted by Gasteiger charge is -2.39. The molecule has 0 amide bonds. The van der Waals surface area contributed by atoms with Crippen LogP contribution in [0.3, 0.4) is 0 Å². The standard InChI is InChI=1S/C24H28F3N3O/c1-17(31)23(11-10-18-4-6-19(14-28)7-5-18)12-13-30(16-23)22(2,3)20-8-9-21(29-15-20)24(25,26)27/h4-9,15,17,31H,10-13,16H2,1-3H3/t17?,23-/m1/s1. The van der Waals surface area contributed by atoms with Gasteiger partial charge in [0.2, 0.25) is 0 Å². The Balaban J connectivity index is 1.74. The van der Waals surface area contributed by atoms with Crippen molar-refractivity contribution in [1.82, 2.24) is 9.88 Å². The summed E-state index contributed by atoms with van der Waals surface area (Å²) in [6.45, 7) is 7.17. The van der Waals surface area contributed by atoms with Gasteiger partial charge in [-0.15, -0.1) is 0 Å². The largest absolute Gasteiger partial charge is 0.433 e. The van der Waals surface area contributed by atoms with E-state index in [9.17, 15) is 18.3 Å². The molecule has 0 radical (unpaired) electrons. The number of alkyl halides is 3. The smallest absolute Gasteiger partial charge is 0.393 e. The maximum Gasteiger partial charge on any atom is 0.433 e. The number of hydrogen-bond donors (Lipinski definition) is 1. The molecule has 1 aliphatic heterocycles. The van der Waals surface area contributed by atoms with Crippen LogP contribution < -0.4 is 0 Å². The molecule has 4 nitrogen and oxygen atoms in total. The molecule has 7 heteroatoms. The summed E-state index contributed by atoms with van der Waals surface area (Å²) < 4.78 is 38.6. The quantitative estimate of drug-likeness (QED) is 0.706. The first-order valence-corrected chi connectivity index (χ1v) is 10.4. The lowest BCUT2D eigenvalue weighted by atomic mass is 9.76. The van der Waals surface area contributed by atoms with E-state index >= 15 is 0 Å². The number of aryl methyl sites for hydroxylation is 1.